The third kappa shape index (κ3) is 5.77. The van der Waals surface area contributed by atoms with Gasteiger partial charge >= 0.3 is 0 Å². The average Bonchev–Trinajstić information content (AvgIpc) is 2.91. The molecule has 1 aromatic carbocycles. The number of aryl methyl sites for hydroxylation is 1. The number of hydrogen-bond donors (Lipinski definition) is 2. The minimum atomic E-state index is -3.67. The highest BCUT2D eigenvalue weighted by Crippen LogP contribution is 2.17. The van der Waals surface area contributed by atoms with E-state index in [2.05, 4.69) is 15.0 Å². The van der Waals surface area contributed by atoms with Crippen LogP contribution in [0.15, 0.2) is 52.4 Å². The normalized spacial score (nSPS) is 15.1. The number of aliphatic imine (C=N–C) groups is 1. The van der Waals surface area contributed by atoms with Gasteiger partial charge in [-0.15, -0.1) is 11.3 Å². The Kier molecular flexibility index (Phi) is 6.64. The minimum absolute atomic E-state index is 0.141. The summed E-state index contributed by atoms with van der Waals surface area (Å²) in [6.45, 7) is 2.66. The molecule has 0 saturated carbocycles. The predicted octanol–water partition coefficient (Wildman–Crippen LogP) is 3.96. The van der Waals surface area contributed by atoms with Crippen LogP contribution in [-0.2, 0) is 14.8 Å². The minimum Gasteiger partial charge on any atom is -0.323 e. The Morgan fingerprint density at radius 2 is 1.89 bits per heavy atom. The number of sulfonamides is 1. The first-order chi connectivity index (χ1) is 13.4. The summed E-state index contributed by atoms with van der Waals surface area (Å²) in [4.78, 5) is 18.7. The zero-order valence-electron chi connectivity index (χ0n) is 15.6. The topological polar surface area (TPSA) is 87.6 Å². The summed E-state index contributed by atoms with van der Waals surface area (Å²) in [6.07, 6.45) is 6.84. The van der Waals surface area contributed by atoms with Gasteiger partial charge in [0.05, 0.1) is 4.90 Å². The van der Waals surface area contributed by atoms with Crippen LogP contribution in [0.1, 0.15) is 35.4 Å². The zero-order chi connectivity index (χ0) is 20.0. The van der Waals surface area contributed by atoms with Crippen molar-refractivity contribution in [3.63, 3.8) is 0 Å². The molecule has 0 aliphatic carbocycles. The van der Waals surface area contributed by atoms with Crippen LogP contribution < -0.4 is 10.0 Å². The smallest absolute Gasteiger partial charge is 0.262 e. The molecule has 0 spiro atoms. The maximum atomic E-state index is 12.5. The Bertz CT molecular complexity index is 990. The molecule has 8 heteroatoms. The van der Waals surface area contributed by atoms with Crippen molar-refractivity contribution in [1.29, 1.82) is 0 Å². The lowest BCUT2D eigenvalue weighted by Crippen LogP contribution is -2.30. The summed E-state index contributed by atoms with van der Waals surface area (Å²) in [5, 5.41) is 2.73. The second-order valence-corrected chi connectivity index (χ2v) is 9.54. The zero-order valence-corrected chi connectivity index (χ0v) is 17.3. The van der Waals surface area contributed by atoms with Gasteiger partial charge in [0.1, 0.15) is 5.84 Å². The molecule has 148 valence electrons. The number of thiophene rings is 1. The molecule has 2 heterocycles. The Hall–Kier alpha value is -2.45. The fourth-order valence-corrected chi connectivity index (χ4v) is 4.64. The molecule has 0 saturated heterocycles. The standard InChI is InChI=1S/C20H23N3O3S2/c1-15-6-9-17(27-15)10-13-20(24)22-16-7-11-18(12-8-16)28(25,26)23-19-5-3-2-4-14-21-19/h6-13H,2-5,14H2,1H3,(H,21,23)(H,22,24)/b13-10+. The molecule has 6 nitrogen and oxygen atoms in total. The Morgan fingerprint density at radius 3 is 2.61 bits per heavy atom. The van der Waals surface area contributed by atoms with Crippen molar-refractivity contribution in [1.82, 2.24) is 4.72 Å². The van der Waals surface area contributed by atoms with Crippen molar-refractivity contribution in [3.8, 4) is 0 Å². The molecule has 1 aliphatic rings. The summed E-state index contributed by atoms with van der Waals surface area (Å²) < 4.78 is 27.6. The van der Waals surface area contributed by atoms with Crippen molar-refractivity contribution in [2.45, 2.75) is 37.5 Å². The summed E-state index contributed by atoms with van der Waals surface area (Å²) in [7, 11) is -3.67. The Balaban J connectivity index is 1.61. The van der Waals surface area contributed by atoms with Crippen molar-refractivity contribution in [3.05, 3.63) is 52.2 Å². The second kappa shape index (κ2) is 9.16. The number of carbonyl (C=O) groups excluding carboxylic acids is 1. The summed E-state index contributed by atoms with van der Waals surface area (Å²) in [5.74, 6) is 0.247. The SMILES string of the molecule is Cc1ccc(/C=C/C(=O)Nc2ccc(S(=O)(=O)NC3=NCCCCC3)cc2)s1. The van der Waals surface area contributed by atoms with Crippen LogP contribution >= 0.6 is 11.3 Å². The van der Waals surface area contributed by atoms with E-state index in [-0.39, 0.29) is 10.8 Å². The van der Waals surface area contributed by atoms with E-state index >= 15 is 0 Å². The Labute approximate surface area is 169 Å². The van der Waals surface area contributed by atoms with E-state index in [1.54, 1.807) is 29.5 Å². The first-order valence-corrected chi connectivity index (χ1v) is 11.4. The maximum absolute atomic E-state index is 12.5. The number of amides is 1. The monoisotopic (exact) mass is 417 g/mol. The number of carbonyl (C=O) groups is 1. The van der Waals surface area contributed by atoms with E-state index in [0.29, 0.717) is 24.5 Å². The van der Waals surface area contributed by atoms with E-state index in [1.165, 1.54) is 23.1 Å². The molecular weight excluding hydrogens is 394 g/mol. The molecule has 0 bridgehead atoms. The van der Waals surface area contributed by atoms with Gasteiger partial charge in [-0.1, -0.05) is 6.42 Å². The molecule has 2 aromatic rings. The number of amidine groups is 1. The molecule has 1 amide bonds. The molecule has 0 unspecified atom stereocenters. The molecule has 3 rings (SSSR count). The summed E-state index contributed by atoms with van der Waals surface area (Å²) in [5.41, 5.74) is 0.530. The predicted molar refractivity (Wildman–Crippen MR) is 114 cm³/mol. The van der Waals surface area contributed by atoms with Gasteiger partial charge in [-0.25, -0.2) is 8.42 Å². The number of nitrogens with zero attached hydrogens (tertiary/aromatic N) is 1. The van der Waals surface area contributed by atoms with Gasteiger partial charge in [0.25, 0.3) is 10.0 Å². The van der Waals surface area contributed by atoms with Crippen LogP contribution in [0, 0.1) is 6.92 Å². The average molecular weight is 418 g/mol. The first-order valence-electron chi connectivity index (χ1n) is 9.14. The van der Waals surface area contributed by atoms with Crippen LogP contribution in [0.4, 0.5) is 5.69 Å². The third-order valence-corrected chi connectivity index (χ3v) is 6.58. The summed E-state index contributed by atoms with van der Waals surface area (Å²) in [6, 6.07) is 10.0. The molecule has 28 heavy (non-hydrogen) atoms. The fraction of sp³-hybridized carbons (Fsp3) is 0.300. The highest BCUT2D eigenvalue weighted by atomic mass is 32.2. The number of hydrogen-bond acceptors (Lipinski definition) is 5. The lowest BCUT2D eigenvalue weighted by atomic mass is 10.2. The molecule has 0 atom stereocenters. The second-order valence-electron chi connectivity index (χ2n) is 6.54. The van der Waals surface area contributed by atoms with Crippen molar-refractivity contribution >= 4 is 44.9 Å². The molecule has 2 N–H and O–H groups in total. The summed E-state index contributed by atoms with van der Waals surface area (Å²) >= 11 is 1.61. The van der Waals surface area contributed by atoms with Crippen LogP contribution in [0.5, 0.6) is 0 Å². The number of rotatable bonds is 5. The molecule has 1 aromatic heterocycles. The van der Waals surface area contributed by atoms with Gasteiger partial charge < -0.3 is 5.32 Å². The van der Waals surface area contributed by atoms with Gasteiger partial charge in [-0.2, -0.15) is 0 Å². The third-order valence-electron chi connectivity index (χ3n) is 4.22. The van der Waals surface area contributed by atoms with E-state index in [1.807, 2.05) is 19.1 Å². The lowest BCUT2D eigenvalue weighted by molar-refractivity contribution is -0.111. The van der Waals surface area contributed by atoms with E-state index in [0.717, 1.165) is 24.1 Å². The fourth-order valence-electron chi connectivity index (χ4n) is 2.77. The van der Waals surface area contributed by atoms with Crippen molar-refractivity contribution < 1.29 is 13.2 Å². The van der Waals surface area contributed by atoms with Gasteiger partial charge in [-0.3, -0.25) is 14.5 Å². The number of anilines is 1. The molecule has 1 aliphatic heterocycles. The lowest BCUT2D eigenvalue weighted by Gasteiger charge is -2.10. The van der Waals surface area contributed by atoms with Gasteiger partial charge in [0.2, 0.25) is 5.91 Å². The van der Waals surface area contributed by atoms with E-state index in [9.17, 15) is 13.2 Å². The first kappa shape index (κ1) is 20.3. The molecule has 0 radical (unpaired) electrons. The van der Waals surface area contributed by atoms with Crippen molar-refractivity contribution in [2.75, 3.05) is 11.9 Å². The van der Waals surface area contributed by atoms with Gasteiger partial charge in [0, 0.05) is 34.5 Å². The molecular formula is C20H23N3O3S2. The van der Waals surface area contributed by atoms with Crippen LogP contribution in [-0.4, -0.2) is 26.7 Å². The number of nitrogens with one attached hydrogen (secondary N) is 2. The maximum Gasteiger partial charge on any atom is 0.262 e. The largest absolute Gasteiger partial charge is 0.323 e. The quantitative estimate of drug-likeness (QED) is 0.722. The van der Waals surface area contributed by atoms with Crippen LogP contribution in [0.2, 0.25) is 0 Å². The van der Waals surface area contributed by atoms with Gasteiger partial charge in [0.15, 0.2) is 0 Å². The molecule has 0 fully saturated rings. The van der Waals surface area contributed by atoms with Crippen LogP contribution in [0.25, 0.3) is 6.08 Å². The van der Waals surface area contributed by atoms with Crippen LogP contribution in [0.3, 0.4) is 0 Å². The highest BCUT2D eigenvalue weighted by molar-refractivity contribution is 7.90. The number of benzene rings is 1. The van der Waals surface area contributed by atoms with E-state index < -0.39 is 10.0 Å². The van der Waals surface area contributed by atoms with Crippen molar-refractivity contribution in [2.24, 2.45) is 4.99 Å². The highest BCUT2D eigenvalue weighted by Gasteiger charge is 2.17. The Morgan fingerprint density at radius 1 is 1.11 bits per heavy atom. The van der Waals surface area contributed by atoms with Gasteiger partial charge in [-0.05, 0) is 62.2 Å². The van der Waals surface area contributed by atoms with E-state index in [4.69, 9.17) is 0 Å².